The molecule has 0 radical (unpaired) electrons. The molecule has 1 rings (SSSR count). The molecule has 6 heteroatoms. The minimum Gasteiger partial charge on any atom is -0.320 e. The van der Waals surface area contributed by atoms with Crippen LogP contribution < -0.4 is 5.32 Å². The van der Waals surface area contributed by atoms with E-state index in [4.69, 9.17) is 0 Å². The van der Waals surface area contributed by atoms with Gasteiger partial charge in [0.1, 0.15) is 0 Å². The van der Waals surface area contributed by atoms with Crippen LogP contribution in [0, 0.1) is 0 Å². The fourth-order valence-corrected chi connectivity index (χ4v) is 1.55. The van der Waals surface area contributed by atoms with E-state index >= 15 is 0 Å². The number of nitrogens with zero attached hydrogens (tertiary/aromatic N) is 2. The maximum atomic E-state index is 3.18. The number of piperazine rings is 1. The summed E-state index contributed by atoms with van der Waals surface area (Å²) in [5, 5.41) is 3.18. The summed E-state index contributed by atoms with van der Waals surface area (Å²) in [5.41, 5.74) is 0. The second-order valence-electron chi connectivity index (χ2n) is 3.60. The maximum absolute atomic E-state index is 3.18. The summed E-state index contributed by atoms with van der Waals surface area (Å²) in [5.74, 6) is 0. The molecule has 1 N–H and O–H groups in total. The molecule has 0 unspecified atom stereocenters. The van der Waals surface area contributed by atoms with Crippen LogP contribution in [0.25, 0.3) is 0 Å². The van der Waals surface area contributed by atoms with E-state index in [2.05, 4.69) is 22.2 Å². The van der Waals surface area contributed by atoms with Crippen LogP contribution in [0.1, 0.15) is 6.42 Å². The van der Waals surface area contributed by atoms with Crippen molar-refractivity contribution in [3.05, 3.63) is 0 Å². The van der Waals surface area contributed by atoms with Gasteiger partial charge in [-0.1, -0.05) is 0 Å². The highest BCUT2D eigenvalue weighted by Crippen LogP contribution is 1.99. The van der Waals surface area contributed by atoms with Crippen molar-refractivity contribution in [1.82, 2.24) is 15.1 Å². The molecule has 15 heavy (non-hydrogen) atoms. The Morgan fingerprint density at radius 2 is 1.53 bits per heavy atom. The van der Waals surface area contributed by atoms with Crippen LogP contribution in [0.2, 0.25) is 0 Å². The summed E-state index contributed by atoms with van der Waals surface area (Å²) < 4.78 is 0. The molecule has 96 valence electrons. The van der Waals surface area contributed by atoms with Gasteiger partial charge in [-0.2, -0.15) is 0 Å². The van der Waals surface area contributed by atoms with Crippen molar-refractivity contribution in [1.29, 1.82) is 0 Å². The number of nitrogens with one attached hydrogen (secondary N) is 1. The summed E-state index contributed by atoms with van der Waals surface area (Å²) in [6, 6.07) is 0. The lowest BCUT2D eigenvalue weighted by atomic mass is 10.3. The first-order valence-electron chi connectivity index (χ1n) is 4.88. The van der Waals surface area contributed by atoms with E-state index < -0.39 is 0 Å². The summed E-state index contributed by atoms with van der Waals surface area (Å²) in [6.07, 6.45) is 1.28. The Kier molecular flexibility index (Phi) is 18.0. The molecule has 0 bridgehead atoms. The molecule has 1 aliphatic rings. The maximum Gasteiger partial charge on any atom is 0.0110 e. The molecule has 1 heterocycles. The molecule has 0 saturated carbocycles. The Bertz CT molecular complexity index is 119. The van der Waals surface area contributed by atoms with Crippen LogP contribution in [-0.4, -0.2) is 63.2 Å². The fourth-order valence-electron chi connectivity index (χ4n) is 1.55. The Hall–Kier alpha value is 0.750. The third-order valence-corrected chi connectivity index (χ3v) is 2.50. The van der Waals surface area contributed by atoms with Gasteiger partial charge in [-0.15, -0.1) is 37.2 Å². The van der Waals surface area contributed by atoms with Crippen LogP contribution in [-0.2, 0) is 0 Å². The van der Waals surface area contributed by atoms with Gasteiger partial charge in [0, 0.05) is 26.2 Å². The zero-order valence-corrected chi connectivity index (χ0v) is 12.0. The molecule has 1 aliphatic heterocycles. The molecule has 0 atom stereocenters. The first-order chi connectivity index (χ1) is 5.83. The third kappa shape index (κ3) is 9.67. The van der Waals surface area contributed by atoms with Gasteiger partial charge in [0.15, 0.2) is 0 Å². The predicted molar refractivity (Wildman–Crippen MR) is 74.2 cm³/mol. The number of rotatable bonds is 4. The van der Waals surface area contributed by atoms with Gasteiger partial charge in [0.25, 0.3) is 0 Å². The van der Waals surface area contributed by atoms with E-state index in [1.54, 1.807) is 0 Å². The smallest absolute Gasteiger partial charge is 0.0110 e. The first-order valence-corrected chi connectivity index (χ1v) is 4.88. The second-order valence-corrected chi connectivity index (χ2v) is 3.60. The van der Waals surface area contributed by atoms with E-state index in [9.17, 15) is 0 Å². The van der Waals surface area contributed by atoms with Gasteiger partial charge < -0.3 is 15.1 Å². The minimum absolute atomic E-state index is 0. The molecular formula is C9H24Cl3N3. The number of hydrogen-bond acceptors (Lipinski definition) is 3. The molecule has 0 aliphatic carbocycles. The van der Waals surface area contributed by atoms with Crippen molar-refractivity contribution in [2.45, 2.75) is 6.42 Å². The van der Waals surface area contributed by atoms with Gasteiger partial charge in [0.05, 0.1) is 0 Å². The molecule has 3 nitrogen and oxygen atoms in total. The van der Waals surface area contributed by atoms with Crippen LogP contribution in [0.4, 0.5) is 0 Å². The largest absolute Gasteiger partial charge is 0.320 e. The fraction of sp³-hybridized carbons (Fsp3) is 1.00. The molecule has 0 aromatic carbocycles. The Balaban J connectivity index is -0.000000480. The van der Waals surface area contributed by atoms with E-state index in [0.29, 0.717) is 0 Å². The lowest BCUT2D eigenvalue weighted by Crippen LogP contribution is -2.45. The van der Waals surface area contributed by atoms with Crippen molar-refractivity contribution in [3.63, 3.8) is 0 Å². The second kappa shape index (κ2) is 12.8. The van der Waals surface area contributed by atoms with Crippen molar-refractivity contribution >= 4 is 37.2 Å². The Morgan fingerprint density at radius 1 is 1.00 bits per heavy atom. The van der Waals surface area contributed by atoms with Gasteiger partial charge in [-0.05, 0) is 33.6 Å². The highest BCUT2D eigenvalue weighted by atomic mass is 35.5. The van der Waals surface area contributed by atoms with E-state index in [0.717, 1.165) is 6.54 Å². The molecule has 1 saturated heterocycles. The molecule has 0 amide bonds. The minimum atomic E-state index is 0. The van der Waals surface area contributed by atoms with Crippen molar-refractivity contribution in [2.24, 2.45) is 0 Å². The molecular weight excluding hydrogens is 256 g/mol. The summed E-state index contributed by atoms with van der Waals surface area (Å²) >= 11 is 0. The Labute approximate surface area is 112 Å². The number of likely N-dealkylation sites (N-methyl/N-ethyl adjacent to an activating group) is 1. The average Bonchev–Trinajstić information content (AvgIpc) is 2.09. The number of halogens is 3. The zero-order chi connectivity index (χ0) is 8.81. The molecule has 0 aromatic heterocycles. The van der Waals surface area contributed by atoms with Crippen molar-refractivity contribution in [3.8, 4) is 0 Å². The summed E-state index contributed by atoms with van der Waals surface area (Å²) in [7, 11) is 4.22. The highest BCUT2D eigenvalue weighted by Gasteiger charge is 2.12. The van der Waals surface area contributed by atoms with E-state index in [-0.39, 0.29) is 37.2 Å². The van der Waals surface area contributed by atoms with Crippen LogP contribution in [0.5, 0.6) is 0 Å². The predicted octanol–water partition coefficient (Wildman–Crippen LogP) is 1.11. The quantitative estimate of drug-likeness (QED) is 0.779. The lowest BCUT2D eigenvalue weighted by Gasteiger charge is -2.32. The van der Waals surface area contributed by atoms with Crippen molar-refractivity contribution in [2.75, 3.05) is 53.4 Å². The van der Waals surface area contributed by atoms with E-state index in [1.807, 2.05) is 7.05 Å². The van der Waals surface area contributed by atoms with E-state index in [1.165, 1.54) is 39.1 Å². The molecule has 1 fully saturated rings. The summed E-state index contributed by atoms with van der Waals surface area (Å²) in [4.78, 5) is 4.95. The monoisotopic (exact) mass is 279 g/mol. The topological polar surface area (TPSA) is 18.5 Å². The summed E-state index contributed by atoms with van der Waals surface area (Å²) in [6.45, 7) is 7.38. The zero-order valence-electron chi connectivity index (χ0n) is 9.57. The van der Waals surface area contributed by atoms with Crippen LogP contribution >= 0.6 is 37.2 Å². The van der Waals surface area contributed by atoms with Crippen molar-refractivity contribution < 1.29 is 0 Å². The van der Waals surface area contributed by atoms with Gasteiger partial charge >= 0.3 is 0 Å². The lowest BCUT2D eigenvalue weighted by molar-refractivity contribution is 0.153. The standard InChI is InChI=1S/C9H21N3.3ClH/c1-10-4-3-5-12-8-6-11(2)7-9-12;;;/h10H,3-9H2,1-2H3;3*1H. The van der Waals surface area contributed by atoms with Gasteiger partial charge in [0.2, 0.25) is 0 Å². The third-order valence-electron chi connectivity index (χ3n) is 2.50. The highest BCUT2D eigenvalue weighted by molar-refractivity contribution is 5.86. The van der Waals surface area contributed by atoms with Crippen LogP contribution in [0.15, 0.2) is 0 Å². The molecule has 0 aromatic rings. The van der Waals surface area contributed by atoms with Crippen LogP contribution in [0.3, 0.4) is 0 Å². The SMILES string of the molecule is CNCCCN1CCN(C)CC1.Cl.Cl.Cl. The molecule has 0 spiro atoms. The van der Waals surface area contributed by atoms with Gasteiger partial charge in [-0.3, -0.25) is 0 Å². The Morgan fingerprint density at radius 3 is 2.00 bits per heavy atom. The first kappa shape index (κ1) is 21.1. The number of hydrogen-bond donors (Lipinski definition) is 1. The van der Waals surface area contributed by atoms with Gasteiger partial charge in [-0.25, -0.2) is 0 Å². The normalized spacial score (nSPS) is 17.2. The average molecular weight is 281 g/mol.